The summed E-state index contributed by atoms with van der Waals surface area (Å²) < 4.78 is 19.7. The van der Waals surface area contributed by atoms with E-state index in [1.165, 1.54) is 19.3 Å². The van der Waals surface area contributed by atoms with Crippen LogP contribution in [0.2, 0.25) is 0 Å². The van der Waals surface area contributed by atoms with Crippen molar-refractivity contribution in [3.63, 3.8) is 0 Å². The summed E-state index contributed by atoms with van der Waals surface area (Å²) in [6.07, 6.45) is 7.10. The van der Waals surface area contributed by atoms with E-state index in [0.29, 0.717) is 42.7 Å². The zero-order valence-electron chi connectivity index (χ0n) is 30.0. The van der Waals surface area contributed by atoms with Crippen LogP contribution in [0.5, 0.6) is 0 Å². The maximum absolute atomic E-state index is 12.4. The topological polar surface area (TPSA) is 121 Å². The summed E-state index contributed by atoms with van der Waals surface area (Å²) in [6, 6.07) is -0.0618. The van der Waals surface area contributed by atoms with Crippen molar-refractivity contribution in [2.24, 2.45) is 50.7 Å². The number of aliphatic hydroxyl groups is 3. The van der Waals surface area contributed by atoms with E-state index in [2.05, 4.69) is 44.8 Å². The van der Waals surface area contributed by atoms with Crippen LogP contribution < -0.4 is 5.32 Å². The monoisotopic (exact) mass is 658 g/mol. The number of nitrogens with zero attached hydrogens (tertiary/aromatic N) is 1. The predicted octanol–water partition coefficient (Wildman–Crippen LogP) is 3.86. The van der Waals surface area contributed by atoms with Gasteiger partial charge in [0.05, 0.1) is 49.2 Å². The smallest absolute Gasteiger partial charge is 0.237 e. The zero-order valence-corrected chi connectivity index (χ0v) is 30.0. The van der Waals surface area contributed by atoms with Gasteiger partial charge in [0.1, 0.15) is 6.10 Å². The predicted molar refractivity (Wildman–Crippen MR) is 176 cm³/mol. The second-order valence-electron chi connectivity index (χ2n) is 19.2. The molecule has 3 saturated heterocycles. The van der Waals surface area contributed by atoms with Crippen molar-refractivity contribution in [3.05, 3.63) is 0 Å². The molecule has 2 spiro atoms. The Balaban J connectivity index is 1.02. The van der Waals surface area contributed by atoms with Gasteiger partial charge in [-0.1, -0.05) is 34.6 Å². The number of morpholine rings is 1. The molecular weight excluding hydrogens is 596 g/mol. The molecule has 15 atom stereocenters. The quantitative estimate of drug-likeness (QED) is 0.352. The number of hydrogen-bond acceptors (Lipinski definition) is 8. The third-order valence-electron chi connectivity index (χ3n) is 16.7. The first-order valence-corrected chi connectivity index (χ1v) is 19.0. The van der Waals surface area contributed by atoms with Gasteiger partial charge in [-0.05, 0) is 117 Å². The second-order valence-corrected chi connectivity index (χ2v) is 19.2. The van der Waals surface area contributed by atoms with Crippen molar-refractivity contribution in [1.82, 2.24) is 10.2 Å². The normalized spacial score (nSPS) is 54.4. The van der Waals surface area contributed by atoms with Crippen LogP contribution >= 0.6 is 0 Å². The Hall–Kier alpha value is -0.810. The van der Waals surface area contributed by atoms with Crippen molar-refractivity contribution in [2.75, 3.05) is 26.2 Å². The largest absolute Gasteiger partial charge is 0.390 e. The van der Waals surface area contributed by atoms with E-state index in [9.17, 15) is 20.1 Å². The van der Waals surface area contributed by atoms with E-state index in [4.69, 9.17) is 14.2 Å². The van der Waals surface area contributed by atoms with E-state index >= 15 is 0 Å². The maximum atomic E-state index is 12.4. The SMILES string of the molecule is C[C@@H]1C[C@H]([C@H](O)C(C)(C)O)O[C@H]2C1[C@@]1(C)CC[C@@]34C[C@@]35CC[C@H](OC3CN([C@H]6CCNC6=O)CCO3)C(C)(C)[C@@H]5CC[C@H]4[C@]1(C)[C@H]2O. The van der Waals surface area contributed by atoms with E-state index in [-0.39, 0.29) is 58.0 Å². The lowest BCUT2D eigenvalue weighted by Gasteiger charge is -2.64. The highest BCUT2D eigenvalue weighted by atomic mass is 16.7. The van der Waals surface area contributed by atoms with Crippen LogP contribution in [0.15, 0.2) is 0 Å². The minimum Gasteiger partial charge on any atom is -0.390 e. The fourth-order valence-corrected chi connectivity index (χ4v) is 14.3. The standard InChI is InChI=1S/C38H62N2O7/c1-21-18-23(30(41)34(4,5)44)46-29-28(21)35(6)13-14-38-20-37(38)12-10-26(33(2,3)24(37)8-9-25(38)36(35,7)31(29)42)47-27-19-40(16-17-45-27)22-11-15-39-32(22)43/h21-31,41-42,44H,8-20H2,1-7H3,(H,39,43)/t21-,22+,23-,24+,25+,26+,27?,28?,29+,30+,31+,35-,36-,37-,38+/m1/s1. The summed E-state index contributed by atoms with van der Waals surface area (Å²) >= 11 is 0. The molecule has 5 aliphatic carbocycles. The molecule has 1 amide bonds. The molecule has 0 aromatic carbocycles. The molecule has 9 nitrogen and oxygen atoms in total. The highest BCUT2D eigenvalue weighted by molar-refractivity contribution is 5.83. The first kappa shape index (κ1) is 33.3. The van der Waals surface area contributed by atoms with E-state index in [1.807, 2.05) is 0 Å². The van der Waals surface area contributed by atoms with Crippen LogP contribution in [0.4, 0.5) is 0 Å². The van der Waals surface area contributed by atoms with Crippen LogP contribution in [0.3, 0.4) is 0 Å². The average Bonchev–Trinajstić information content (AvgIpc) is 3.41. The summed E-state index contributed by atoms with van der Waals surface area (Å²) in [5.41, 5.74) is -1.00. The average molecular weight is 659 g/mol. The minimum absolute atomic E-state index is 0.00507. The number of rotatable bonds is 5. The van der Waals surface area contributed by atoms with Crippen LogP contribution in [0.1, 0.15) is 106 Å². The molecule has 8 rings (SSSR count). The van der Waals surface area contributed by atoms with Gasteiger partial charge in [0.2, 0.25) is 5.91 Å². The van der Waals surface area contributed by atoms with E-state index in [1.54, 1.807) is 13.8 Å². The molecule has 0 radical (unpaired) electrons. The Kier molecular flexibility index (Phi) is 7.53. The Labute approximate surface area is 281 Å². The summed E-state index contributed by atoms with van der Waals surface area (Å²) in [5.74, 6) is 1.69. The van der Waals surface area contributed by atoms with E-state index < -0.39 is 23.9 Å². The number of carbonyl (C=O) groups excluding carboxylic acids is 1. The first-order chi connectivity index (χ1) is 22.0. The number of aliphatic hydroxyl groups excluding tert-OH is 2. The molecule has 8 fully saturated rings. The van der Waals surface area contributed by atoms with Gasteiger partial charge in [0.25, 0.3) is 0 Å². The van der Waals surface area contributed by atoms with Crippen LogP contribution in [0.25, 0.3) is 0 Å². The molecule has 9 heteroatoms. The molecule has 0 bridgehead atoms. The van der Waals surface area contributed by atoms with Gasteiger partial charge in [0, 0.05) is 18.5 Å². The first-order valence-electron chi connectivity index (χ1n) is 19.0. The van der Waals surface area contributed by atoms with Crippen molar-refractivity contribution < 1.29 is 34.3 Å². The summed E-state index contributed by atoms with van der Waals surface area (Å²) in [6.45, 7) is 18.1. The molecule has 3 heterocycles. The summed E-state index contributed by atoms with van der Waals surface area (Å²) in [5, 5.41) is 37.1. The highest BCUT2D eigenvalue weighted by Crippen LogP contribution is 2.89. The zero-order chi connectivity index (χ0) is 33.5. The van der Waals surface area contributed by atoms with Gasteiger partial charge >= 0.3 is 0 Å². The minimum atomic E-state index is -1.26. The molecule has 47 heavy (non-hydrogen) atoms. The van der Waals surface area contributed by atoms with Gasteiger partial charge < -0.3 is 34.8 Å². The molecular formula is C38H62N2O7. The van der Waals surface area contributed by atoms with Gasteiger partial charge in [-0.15, -0.1) is 0 Å². The number of nitrogens with one attached hydrogen (secondary N) is 1. The number of carbonyl (C=O) groups is 1. The lowest BCUT2D eigenvalue weighted by Crippen LogP contribution is -2.60. The van der Waals surface area contributed by atoms with Gasteiger partial charge in [0.15, 0.2) is 6.29 Å². The number of fused-ring (bicyclic) bond motifs is 4. The van der Waals surface area contributed by atoms with Crippen LogP contribution in [-0.2, 0) is 19.0 Å². The van der Waals surface area contributed by atoms with Crippen LogP contribution in [-0.4, -0.2) is 101 Å². The Bertz CT molecular complexity index is 1270. The fraction of sp³-hybridized carbons (Fsp3) is 0.974. The highest BCUT2D eigenvalue weighted by Gasteiger charge is 2.84. The van der Waals surface area contributed by atoms with Gasteiger partial charge in [-0.3, -0.25) is 9.69 Å². The Morgan fingerprint density at radius 3 is 2.47 bits per heavy atom. The summed E-state index contributed by atoms with van der Waals surface area (Å²) in [4.78, 5) is 14.7. The van der Waals surface area contributed by atoms with Crippen LogP contribution in [0, 0.1) is 50.7 Å². The lowest BCUT2D eigenvalue weighted by atomic mass is 9.41. The van der Waals surface area contributed by atoms with Crippen molar-refractivity contribution >= 4 is 5.91 Å². The molecule has 4 N–H and O–H groups in total. The molecule has 8 aliphatic rings. The Morgan fingerprint density at radius 1 is 1.04 bits per heavy atom. The fourth-order valence-electron chi connectivity index (χ4n) is 14.3. The second kappa shape index (κ2) is 10.6. The molecule has 266 valence electrons. The maximum Gasteiger partial charge on any atom is 0.237 e. The number of amides is 1. The van der Waals surface area contributed by atoms with Gasteiger partial charge in [-0.2, -0.15) is 0 Å². The van der Waals surface area contributed by atoms with Gasteiger partial charge in [-0.25, -0.2) is 0 Å². The van der Waals surface area contributed by atoms with Crippen molar-refractivity contribution in [2.45, 2.75) is 155 Å². The molecule has 0 aromatic rings. The molecule has 0 aromatic heterocycles. The lowest BCUT2D eigenvalue weighted by molar-refractivity contribution is -0.250. The van der Waals surface area contributed by atoms with E-state index in [0.717, 1.165) is 45.2 Å². The third-order valence-corrected chi connectivity index (χ3v) is 16.7. The molecule has 5 saturated carbocycles. The number of ether oxygens (including phenoxy) is 3. The molecule has 3 aliphatic heterocycles. The summed E-state index contributed by atoms with van der Waals surface area (Å²) in [7, 11) is 0. The third kappa shape index (κ3) is 4.35. The Morgan fingerprint density at radius 2 is 1.77 bits per heavy atom. The van der Waals surface area contributed by atoms with Crippen molar-refractivity contribution in [1.29, 1.82) is 0 Å². The number of hydrogen-bond donors (Lipinski definition) is 4. The van der Waals surface area contributed by atoms with Crippen molar-refractivity contribution in [3.8, 4) is 0 Å². The molecule has 2 unspecified atom stereocenters.